The minimum absolute atomic E-state index is 0.0294. The fourth-order valence-corrected chi connectivity index (χ4v) is 5.26. The summed E-state index contributed by atoms with van der Waals surface area (Å²) in [7, 11) is -3.50. The smallest absolute Gasteiger partial charge is 0.253 e. The van der Waals surface area contributed by atoms with Crippen LogP contribution in [0.5, 0.6) is 0 Å². The van der Waals surface area contributed by atoms with E-state index in [1.165, 1.54) is 22.0 Å². The van der Waals surface area contributed by atoms with Crippen molar-refractivity contribution in [3.8, 4) is 0 Å². The Hall–Kier alpha value is -2.18. The van der Waals surface area contributed by atoms with E-state index in [9.17, 15) is 13.2 Å². The van der Waals surface area contributed by atoms with Crippen molar-refractivity contribution < 1.29 is 13.2 Å². The van der Waals surface area contributed by atoms with E-state index in [0.29, 0.717) is 24.6 Å². The molecule has 0 atom stereocenters. The van der Waals surface area contributed by atoms with Crippen LogP contribution >= 0.6 is 0 Å². The minimum atomic E-state index is -3.50. The van der Waals surface area contributed by atoms with Crippen molar-refractivity contribution in [2.45, 2.75) is 37.5 Å². The second kappa shape index (κ2) is 8.88. The number of benzene rings is 2. The van der Waals surface area contributed by atoms with Crippen LogP contribution in [0, 0.1) is 0 Å². The van der Waals surface area contributed by atoms with Crippen molar-refractivity contribution in [3.63, 3.8) is 0 Å². The zero-order valence-electron chi connectivity index (χ0n) is 16.5. The molecular weight excluding hydrogens is 372 g/mol. The number of sulfonamides is 1. The Morgan fingerprint density at radius 3 is 2.07 bits per heavy atom. The summed E-state index contributed by atoms with van der Waals surface area (Å²) in [6.45, 7) is 5.93. The molecule has 6 heteroatoms. The lowest BCUT2D eigenvalue weighted by Crippen LogP contribution is -2.38. The highest BCUT2D eigenvalue weighted by Crippen LogP contribution is 2.28. The zero-order valence-corrected chi connectivity index (χ0v) is 17.4. The van der Waals surface area contributed by atoms with Gasteiger partial charge in [0.2, 0.25) is 10.0 Å². The predicted molar refractivity (Wildman–Crippen MR) is 111 cm³/mol. The predicted octanol–water partition coefficient (Wildman–Crippen LogP) is 3.74. The lowest BCUT2D eigenvalue weighted by Gasteiger charge is -2.32. The van der Waals surface area contributed by atoms with Gasteiger partial charge in [0.05, 0.1) is 4.90 Å². The van der Waals surface area contributed by atoms with Gasteiger partial charge >= 0.3 is 0 Å². The summed E-state index contributed by atoms with van der Waals surface area (Å²) < 4.78 is 26.6. The molecule has 150 valence electrons. The number of carbonyl (C=O) groups excluding carboxylic acids is 1. The van der Waals surface area contributed by atoms with E-state index >= 15 is 0 Å². The third-order valence-corrected chi connectivity index (χ3v) is 7.56. The Morgan fingerprint density at radius 2 is 1.54 bits per heavy atom. The highest BCUT2D eigenvalue weighted by molar-refractivity contribution is 7.89. The molecule has 1 heterocycles. The van der Waals surface area contributed by atoms with Crippen LogP contribution in [0.3, 0.4) is 0 Å². The Kier molecular flexibility index (Phi) is 6.52. The molecule has 0 unspecified atom stereocenters. The molecule has 0 aliphatic carbocycles. The molecule has 1 aliphatic heterocycles. The normalized spacial score (nSPS) is 15.8. The SMILES string of the molecule is CCN(CC)S(=O)(=O)c1ccc(C(=O)N2CCC(c3ccccc3)CC2)cc1. The van der Waals surface area contributed by atoms with E-state index in [0.717, 1.165) is 25.9 Å². The highest BCUT2D eigenvalue weighted by Gasteiger charge is 2.26. The molecule has 0 spiro atoms. The van der Waals surface area contributed by atoms with Crippen LogP contribution in [0.4, 0.5) is 0 Å². The van der Waals surface area contributed by atoms with Gasteiger partial charge in [-0.2, -0.15) is 4.31 Å². The Labute approximate surface area is 168 Å². The molecule has 5 nitrogen and oxygen atoms in total. The van der Waals surface area contributed by atoms with Gasteiger partial charge in [0.15, 0.2) is 0 Å². The van der Waals surface area contributed by atoms with E-state index in [4.69, 9.17) is 0 Å². The van der Waals surface area contributed by atoms with Gasteiger partial charge in [0.25, 0.3) is 5.91 Å². The van der Waals surface area contributed by atoms with Crippen LogP contribution in [-0.4, -0.2) is 49.7 Å². The van der Waals surface area contributed by atoms with Gasteiger partial charge in [0.1, 0.15) is 0 Å². The zero-order chi connectivity index (χ0) is 20.1. The average molecular weight is 401 g/mol. The van der Waals surface area contributed by atoms with Crippen molar-refractivity contribution in [1.82, 2.24) is 9.21 Å². The molecule has 1 aliphatic rings. The molecule has 2 aromatic rings. The first kappa shape index (κ1) is 20.6. The molecule has 0 saturated carbocycles. The summed E-state index contributed by atoms with van der Waals surface area (Å²) in [6.07, 6.45) is 1.90. The molecule has 3 rings (SSSR count). The molecule has 28 heavy (non-hydrogen) atoms. The van der Waals surface area contributed by atoms with Crippen molar-refractivity contribution >= 4 is 15.9 Å². The van der Waals surface area contributed by atoms with E-state index in [-0.39, 0.29) is 10.8 Å². The summed E-state index contributed by atoms with van der Waals surface area (Å²) in [4.78, 5) is 14.9. The van der Waals surface area contributed by atoms with Crippen LogP contribution in [0.1, 0.15) is 48.5 Å². The first-order valence-electron chi connectivity index (χ1n) is 9.91. The summed E-state index contributed by atoms with van der Waals surface area (Å²) in [5, 5.41) is 0. The lowest BCUT2D eigenvalue weighted by molar-refractivity contribution is 0.0713. The maximum absolute atomic E-state index is 12.8. The lowest BCUT2D eigenvalue weighted by atomic mass is 9.89. The van der Waals surface area contributed by atoms with Gasteiger partial charge in [-0.1, -0.05) is 44.2 Å². The monoisotopic (exact) mass is 400 g/mol. The third-order valence-electron chi connectivity index (χ3n) is 5.50. The summed E-state index contributed by atoms with van der Waals surface area (Å²) >= 11 is 0. The van der Waals surface area contributed by atoms with Crippen LogP contribution in [-0.2, 0) is 10.0 Å². The highest BCUT2D eigenvalue weighted by atomic mass is 32.2. The Morgan fingerprint density at radius 1 is 0.964 bits per heavy atom. The maximum atomic E-state index is 12.8. The van der Waals surface area contributed by atoms with Crippen molar-refractivity contribution in [3.05, 3.63) is 65.7 Å². The molecule has 2 aromatic carbocycles. The second-order valence-corrected chi connectivity index (χ2v) is 9.03. The molecule has 0 aromatic heterocycles. The van der Waals surface area contributed by atoms with E-state index < -0.39 is 10.0 Å². The van der Waals surface area contributed by atoms with Gasteiger partial charge in [-0.25, -0.2) is 8.42 Å². The van der Waals surface area contributed by atoms with Gasteiger partial charge < -0.3 is 4.90 Å². The minimum Gasteiger partial charge on any atom is -0.339 e. The van der Waals surface area contributed by atoms with Gasteiger partial charge in [0, 0.05) is 31.7 Å². The topological polar surface area (TPSA) is 57.7 Å². The number of carbonyl (C=O) groups is 1. The quantitative estimate of drug-likeness (QED) is 0.742. The van der Waals surface area contributed by atoms with Gasteiger partial charge in [-0.3, -0.25) is 4.79 Å². The fourth-order valence-electron chi connectivity index (χ4n) is 3.81. The molecule has 0 bridgehead atoms. The molecule has 0 N–H and O–H groups in total. The number of likely N-dealkylation sites (tertiary alicyclic amines) is 1. The molecular formula is C22H28N2O3S. The third kappa shape index (κ3) is 4.28. The fraction of sp³-hybridized carbons (Fsp3) is 0.409. The van der Waals surface area contributed by atoms with Crippen molar-refractivity contribution in [1.29, 1.82) is 0 Å². The second-order valence-electron chi connectivity index (χ2n) is 7.09. The first-order valence-corrected chi connectivity index (χ1v) is 11.4. The number of rotatable bonds is 6. The van der Waals surface area contributed by atoms with Crippen LogP contribution in [0.25, 0.3) is 0 Å². The maximum Gasteiger partial charge on any atom is 0.253 e. The van der Waals surface area contributed by atoms with Gasteiger partial charge in [-0.05, 0) is 48.6 Å². The number of hydrogen-bond acceptors (Lipinski definition) is 3. The number of piperidine rings is 1. The molecule has 1 amide bonds. The number of amides is 1. The average Bonchev–Trinajstić information content (AvgIpc) is 2.75. The van der Waals surface area contributed by atoms with E-state index in [1.54, 1.807) is 12.1 Å². The van der Waals surface area contributed by atoms with Gasteiger partial charge in [-0.15, -0.1) is 0 Å². The Balaban J connectivity index is 1.66. The Bertz CT molecular complexity index is 883. The summed E-state index contributed by atoms with van der Waals surface area (Å²) in [5.74, 6) is 0.463. The largest absolute Gasteiger partial charge is 0.339 e. The molecule has 0 radical (unpaired) electrons. The van der Waals surface area contributed by atoms with Crippen LogP contribution in [0.2, 0.25) is 0 Å². The standard InChI is InChI=1S/C22H28N2O3S/c1-3-24(4-2)28(26,27)21-12-10-20(11-13-21)22(25)23-16-14-19(15-17-23)18-8-6-5-7-9-18/h5-13,19H,3-4,14-17H2,1-2H3. The van der Waals surface area contributed by atoms with E-state index in [1.807, 2.05) is 24.8 Å². The van der Waals surface area contributed by atoms with Crippen LogP contribution in [0.15, 0.2) is 59.5 Å². The van der Waals surface area contributed by atoms with Crippen LogP contribution < -0.4 is 0 Å². The number of nitrogens with zero attached hydrogens (tertiary/aromatic N) is 2. The number of hydrogen-bond donors (Lipinski definition) is 0. The van der Waals surface area contributed by atoms with E-state index in [2.05, 4.69) is 24.3 Å². The molecule has 1 saturated heterocycles. The van der Waals surface area contributed by atoms with Crippen molar-refractivity contribution in [2.75, 3.05) is 26.2 Å². The molecule has 1 fully saturated rings. The van der Waals surface area contributed by atoms with Crippen molar-refractivity contribution in [2.24, 2.45) is 0 Å². The summed E-state index contributed by atoms with van der Waals surface area (Å²) in [5.41, 5.74) is 1.87. The first-order chi connectivity index (χ1) is 13.5. The summed E-state index contributed by atoms with van der Waals surface area (Å²) in [6, 6.07) is 16.8.